The van der Waals surface area contributed by atoms with Gasteiger partial charge in [-0.15, -0.1) is 10.2 Å². The van der Waals surface area contributed by atoms with Crippen LogP contribution < -0.4 is 5.32 Å². The van der Waals surface area contributed by atoms with E-state index in [0.29, 0.717) is 32.2 Å². The van der Waals surface area contributed by atoms with Gasteiger partial charge < -0.3 is 5.32 Å². The molecule has 8 heteroatoms. The van der Waals surface area contributed by atoms with E-state index in [4.69, 9.17) is 34.8 Å². The Morgan fingerprint density at radius 3 is 2.54 bits per heavy atom. The van der Waals surface area contributed by atoms with Gasteiger partial charge in [-0.25, -0.2) is 0 Å². The largest absolute Gasteiger partial charge is 0.346 e. The van der Waals surface area contributed by atoms with Crippen LogP contribution in [0.15, 0.2) is 48.5 Å². The number of nitrogens with one attached hydrogen (secondary N) is 1. The average molecular weight is 425 g/mol. The van der Waals surface area contributed by atoms with Crippen molar-refractivity contribution in [2.45, 2.75) is 6.54 Å². The minimum atomic E-state index is -0.299. The van der Waals surface area contributed by atoms with Crippen LogP contribution in [0.1, 0.15) is 25.9 Å². The van der Waals surface area contributed by atoms with Crippen molar-refractivity contribution in [2.24, 2.45) is 0 Å². The van der Waals surface area contributed by atoms with Crippen molar-refractivity contribution in [1.82, 2.24) is 15.5 Å². The van der Waals surface area contributed by atoms with Gasteiger partial charge in [0.1, 0.15) is 0 Å². The molecule has 0 saturated carbocycles. The van der Waals surface area contributed by atoms with Crippen molar-refractivity contribution in [3.63, 3.8) is 0 Å². The number of carbonyl (C=O) groups excluding carboxylic acids is 1. The van der Waals surface area contributed by atoms with Crippen molar-refractivity contribution in [3.05, 3.63) is 79.7 Å². The molecule has 0 fully saturated rings. The molecule has 0 spiro atoms. The lowest BCUT2D eigenvalue weighted by atomic mass is 10.2. The van der Waals surface area contributed by atoms with E-state index in [1.165, 1.54) is 0 Å². The molecule has 1 N–H and O–H groups in total. The molecule has 0 aliphatic heterocycles. The monoisotopic (exact) mass is 423 g/mol. The number of aromatic nitrogens is 2. The Kier molecular flexibility index (Phi) is 6.27. The summed E-state index contributed by atoms with van der Waals surface area (Å²) in [6, 6.07) is 14.7. The molecular weight excluding hydrogens is 413 g/mol. The smallest absolute Gasteiger partial charge is 0.282 e. The number of hydrogen-bond donors (Lipinski definition) is 1. The number of rotatable bonds is 5. The molecular formula is C18H12Cl3N3OS. The lowest BCUT2D eigenvalue weighted by Gasteiger charge is -2.02. The first-order valence-electron chi connectivity index (χ1n) is 7.51. The number of carbonyl (C=O) groups is 1. The molecule has 4 nitrogen and oxygen atoms in total. The second-order valence-electron chi connectivity index (χ2n) is 5.24. The van der Waals surface area contributed by atoms with Crippen molar-refractivity contribution >= 4 is 63.2 Å². The Hall–Kier alpha value is -1.92. The highest BCUT2D eigenvalue weighted by Gasteiger charge is 2.14. The van der Waals surface area contributed by atoms with Crippen LogP contribution in [-0.2, 0) is 6.54 Å². The van der Waals surface area contributed by atoms with Crippen LogP contribution >= 0.6 is 46.1 Å². The highest BCUT2D eigenvalue weighted by atomic mass is 35.5. The summed E-state index contributed by atoms with van der Waals surface area (Å²) >= 11 is 19.4. The van der Waals surface area contributed by atoms with E-state index in [9.17, 15) is 4.79 Å². The zero-order valence-electron chi connectivity index (χ0n) is 13.2. The van der Waals surface area contributed by atoms with Gasteiger partial charge in [0.05, 0.1) is 5.03 Å². The third kappa shape index (κ3) is 4.83. The Bertz CT molecular complexity index is 957. The number of nitrogens with zero attached hydrogens (tertiary/aromatic N) is 2. The van der Waals surface area contributed by atoms with Gasteiger partial charge in [0, 0.05) is 16.6 Å². The van der Waals surface area contributed by atoms with Crippen LogP contribution in [0.5, 0.6) is 0 Å². The SMILES string of the molecule is O=C(NCc1ccccc1)c1nnc(/C(Cl)=C/c2ccc(Cl)cc2Cl)s1. The van der Waals surface area contributed by atoms with Gasteiger partial charge >= 0.3 is 0 Å². The summed E-state index contributed by atoms with van der Waals surface area (Å²) in [6.45, 7) is 0.415. The highest BCUT2D eigenvalue weighted by molar-refractivity contribution is 7.15. The molecule has 1 heterocycles. The van der Waals surface area contributed by atoms with E-state index in [1.54, 1.807) is 24.3 Å². The van der Waals surface area contributed by atoms with Crippen LogP contribution in [0.2, 0.25) is 10.0 Å². The third-order valence-electron chi connectivity index (χ3n) is 3.36. The fourth-order valence-electron chi connectivity index (χ4n) is 2.08. The number of hydrogen-bond acceptors (Lipinski definition) is 4. The molecule has 2 aromatic carbocycles. The number of halogens is 3. The van der Waals surface area contributed by atoms with Gasteiger partial charge in [-0.05, 0) is 29.3 Å². The van der Waals surface area contributed by atoms with Gasteiger partial charge in [0.15, 0.2) is 5.01 Å². The maximum atomic E-state index is 12.2. The van der Waals surface area contributed by atoms with Crippen LogP contribution in [0.25, 0.3) is 11.1 Å². The molecule has 1 aromatic heterocycles. The van der Waals surface area contributed by atoms with Crippen molar-refractivity contribution in [2.75, 3.05) is 0 Å². The predicted molar refractivity (Wildman–Crippen MR) is 108 cm³/mol. The van der Waals surface area contributed by atoms with Crippen molar-refractivity contribution in [1.29, 1.82) is 0 Å². The maximum absolute atomic E-state index is 12.2. The first kappa shape index (κ1) is 18.9. The molecule has 132 valence electrons. The third-order valence-corrected chi connectivity index (χ3v) is 5.28. The van der Waals surface area contributed by atoms with E-state index in [2.05, 4.69) is 15.5 Å². The average Bonchev–Trinajstić information content (AvgIpc) is 3.13. The fraction of sp³-hybridized carbons (Fsp3) is 0.0556. The van der Waals surface area contributed by atoms with Gasteiger partial charge in [0.2, 0.25) is 5.01 Å². The summed E-state index contributed by atoms with van der Waals surface area (Å²) in [5.41, 5.74) is 1.70. The summed E-state index contributed by atoms with van der Waals surface area (Å²) < 4.78 is 0. The van der Waals surface area contributed by atoms with Crippen LogP contribution in [-0.4, -0.2) is 16.1 Å². The molecule has 0 unspecified atom stereocenters. The topological polar surface area (TPSA) is 54.9 Å². The quantitative estimate of drug-likeness (QED) is 0.587. The summed E-state index contributed by atoms with van der Waals surface area (Å²) in [4.78, 5) is 12.2. The normalized spacial score (nSPS) is 11.4. The lowest BCUT2D eigenvalue weighted by Crippen LogP contribution is -2.22. The second kappa shape index (κ2) is 8.64. The zero-order chi connectivity index (χ0) is 18.5. The Morgan fingerprint density at radius 1 is 1.08 bits per heavy atom. The highest BCUT2D eigenvalue weighted by Crippen LogP contribution is 2.29. The van der Waals surface area contributed by atoms with Gasteiger partial charge in [-0.3, -0.25) is 4.79 Å². The molecule has 3 aromatic rings. The van der Waals surface area contributed by atoms with Crippen molar-refractivity contribution < 1.29 is 4.79 Å². The van der Waals surface area contributed by atoms with Crippen LogP contribution in [0.4, 0.5) is 0 Å². The van der Waals surface area contributed by atoms with E-state index < -0.39 is 0 Å². The molecule has 3 rings (SSSR count). The van der Waals surface area contributed by atoms with Gasteiger partial charge in [-0.1, -0.05) is 82.5 Å². The molecule has 0 aliphatic rings. The Balaban J connectivity index is 1.70. The summed E-state index contributed by atoms with van der Waals surface area (Å²) in [6.07, 6.45) is 1.66. The molecule has 0 saturated heterocycles. The first-order valence-corrected chi connectivity index (χ1v) is 9.46. The van der Waals surface area contributed by atoms with E-state index in [1.807, 2.05) is 30.3 Å². The summed E-state index contributed by atoms with van der Waals surface area (Å²) in [5.74, 6) is -0.299. The lowest BCUT2D eigenvalue weighted by molar-refractivity contribution is 0.0950. The minimum absolute atomic E-state index is 0.240. The number of benzene rings is 2. The predicted octanol–water partition coefficient (Wildman–Crippen LogP) is 5.51. The standard InChI is InChI=1S/C18H12Cl3N3OS/c19-13-7-6-12(14(20)9-13)8-15(21)17-23-24-18(26-17)16(25)22-10-11-4-2-1-3-5-11/h1-9H,10H2,(H,22,25)/b15-8-. The van der Waals surface area contributed by atoms with Gasteiger partial charge in [0.25, 0.3) is 5.91 Å². The number of amides is 1. The Labute approximate surface area is 169 Å². The van der Waals surface area contributed by atoms with E-state index in [0.717, 1.165) is 16.9 Å². The van der Waals surface area contributed by atoms with Crippen LogP contribution in [0.3, 0.4) is 0 Å². The Morgan fingerprint density at radius 2 is 1.81 bits per heavy atom. The van der Waals surface area contributed by atoms with Crippen molar-refractivity contribution in [3.8, 4) is 0 Å². The molecule has 0 aliphatic carbocycles. The fourth-order valence-corrected chi connectivity index (χ4v) is 3.48. The summed E-state index contributed by atoms with van der Waals surface area (Å²) in [5, 5.41) is 12.7. The van der Waals surface area contributed by atoms with E-state index >= 15 is 0 Å². The zero-order valence-corrected chi connectivity index (χ0v) is 16.3. The molecule has 1 amide bonds. The maximum Gasteiger partial charge on any atom is 0.282 e. The first-order chi connectivity index (χ1) is 12.5. The van der Waals surface area contributed by atoms with E-state index in [-0.39, 0.29) is 10.9 Å². The van der Waals surface area contributed by atoms with Crippen LogP contribution in [0, 0.1) is 0 Å². The molecule has 0 bridgehead atoms. The second-order valence-corrected chi connectivity index (χ2v) is 7.47. The molecule has 0 radical (unpaired) electrons. The molecule has 0 atom stereocenters. The molecule has 26 heavy (non-hydrogen) atoms. The summed E-state index contributed by atoms with van der Waals surface area (Å²) in [7, 11) is 0. The minimum Gasteiger partial charge on any atom is -0.346 e. The van der Waals surface area contributed by atoms with Gasteiger partial charge in [-0.2, -0.15) is 0 Å².